The van der Waals surface area contributed by atoms with E-state index in [-0.39, 0.29) is 18.5 Å². The lowest BCUT2D eigenvalue weighted by Gasteiger charge is -2.33. The van der Waals surface area contributed by atoms with Gasteiger partial charge in [-0.25, -0.2) is 4.79 Å². The molecular weight excluding hydrogens is 354 g/mol. The number of amides is 3. The van der Waals surface area contributed by atoms with Crippen LogP contribution in [0.5, 0.6) is 0 Å². The largest absolute Gasteiger partial charge is 0.334 e. The van der Waals surface area contributed by atoms with E-state index in [2.05, 4.69) is 22.7 Å². The van der Waals surface area contributed by atoms with Crippen LogP contribution >= 0.6 is 0 Å². The van der Waals surface area contributed by atoms with Crippen LogP contribution in [0.2, 0.25) is 0 Å². The van der Waals surface area contributed by atoms with Crippen molar-refractivity contribution in [3.8, 4) is 0 Å². The van der Waals surface area contributed by atoms with Crippen molar-refractivity contribution in [3.63, 3.8) is 0 Å². The number of carbonyl (C=O) groups is 2. The zero-order chi connectivity index (χ0) is 19.9. The van der Waals surface area contributed by atoms with E-state index in [4.69, 9.17) is 0 Å². The number of aromatic nitrogens is 2. The first kappa shape index (κ1) is 19.9. The molecule has 0 spiro atoms. The van der Waals surface area contributed by atoms with E-state index in [1.165, 1.54) is 12.8 Å². The number of benzene rings is 1. The molecule has 1 saturated carbocycles. The number of nitrogens with zero attached hydrogens (tertiary/aromatic N) is 3. The van der Waals surface area contributed by atoms with Gasteiger partial charge >= 0.3 is 6.03 Å². The summed E-state index contributed by atoms with van der Waals surface area (Å²) in [4.78, 5) is 26.4. The maximum absolute atomic E-state index is 12.5. The van der Waals surface area contributed by atoms with Crippen molar-refractivity contribution in [2.45, 2.75) is 51.7 Å². The molecule has 1 fully saturated rings. The average Bonchev–Trinajstić information content (AvgIpc) is 3.19. The minimum atomic E-state index is -0.142. The van der Waals surface area contributed by atoms with Crippen molar-refractivity contribution >= 4 is 17.6 Å². The van der Waals surface area contributed by atoms with Crippen molar-refractivity contribution < 1.29 is 9.59 Å². The number of urea groups is 1. The van der Waals surface area contributed by atoms with Crippen molar-refractivity contribution in [2.75, 3.05) is 12.4 Å². The van der Waals surface area contributed by atoms with Crippen LogP contribution < -0.4 is 10.6 Å². The molecule has 2 N–H and O–H groups in total. The van der Waals surface area contributed by atoms with Gasteiger partial charge in [0.1, 0.15) is 6.54 Å². The fraction of sp³-hybridized carbons (Fsp3) is 0.476. The summed E-state index contributed by atoms with van der Waals surface area (Å²) in [6.45, 7) is 2.87. The van der Waals surface area contributed by atoms with Crippen LogP contribution in [0.4, 0.5) is 10.5 Å². The van der Waals surface area contributed by atoms with Crippen molar-refractivity contribution in [2.24, 2.45) is 5.92 Å². The lowest BCUT2D eigenvalue weighted by Crippen LogP contribution is -2.44. The summed E-state index contributed by atoms with van der Waals surface area (Å²) < 4.78 is 1.57. The predicted molar refractivity (Wildman–Crippen MR) is 109 cm³/mol. The molecule has 0 saturated heterocycles. The van der Waals surface area contributed by atoms with Crippen LogP contribution in [0, 0.1) is 5.92 Å². The van der Waals surface area contributed by atoms with E-state index in [1.807, 2.05) is 36.2 Å². The van der Waals surface area contributed by atoms with Crippen LogP contribution in [0.3, 0.4) is 0 Å². The maximum atomic E-state index is 12.5. The van der Waals surface area contributed by atoms with Gasteiger partial charge in [-0.1, -0.05) is 19.1 Å². The molecule has 1 heterocycles. The van der Waals surface area contributed by atoms with Gasteiger partial charge in [-0.05, 0) is 55.4 Å². The summed E-state index contributed by atoms with van der Waals surface area (Å²) >= 11 is 0. The summed E-state index contributed by atoms with van der Waals surface area (Å²) in [5, 5.41) is 9.88. The van der Waals surface area contributed by atoms with Crippen LogP contribution in [-0.2, 0) is 17.9 Å². The second-order valence-corrected chi connectivity index (χ2v) is 7.64. The minimum absolute atomic E-state index is 0.0485. The van der Waals surface area contributed by atoms with Crippen LogP contribution in [-0.4, -0.2) is 39.7 Å². The molecule has 0 unspecified atom stereocenters. The van der Waals surface area contributed by atoms with Crippen molar-refractivity contribution in [3.05, 3.63) is 48.3 Å². The Labute approximate surface area is 166 Å². The van der Waals surface area contributed by atoms with Crippen molar-refractivity contribution in [1.29, 1.82) is 0 Å². The van der Waals surface area contributed by atoms with Gasteiger partial charge in [-0.3, -0.25) is 9.48 Å². The number of hydrogen-bond donors (Lipinski definition) is 2. The van der Waals surface area contributed by atoms with E-state index in [9.17, 15) is 9.59 Å². The van der Waals surface area contributed by atoms with E-state index in [0.717, 1.165) is 24.3 Å². The van der Waals surface area contributed by atoms with Crippen molar-refractivity contribution in [1.82, 2.24) is 20.0 Å². The lowest BCUT2D eigenvalue weighted by atomic mass is 9.87. The third-order valence-corrected chi connectivity index (χ3v) is 5.37. The van der Waals surface area contributed by atoms with E-state index < -0.39 is 0 Å². The molecule has 7 nitrogen and oxygen atoms in total. The first-order valence-corrected chi connectivity index (χ1v) is 9.88. The molecule has 0 bridgehead atoms. The van der Waals surface area contributed by atoms with Gasteiger partial charge in [0.15, 0.2) is 0 Å². The topological polar surface area (TPSA) is 79.3 Å². The molecule has 0 aliphatic heterocycles. The molecule has 1 aliphatic rings. The number of rotatable bonds is 6. The fourth-order valence-electron chi connectivity index (χ4n) is 3.60. The first-order valence-electron chi connectivity index (χ1n) is 9.88. The molecule has 0 atom stereocenters. The molecule has 28 heavy (non-hydrogen) atoms. The average molecular weight is 383 g/mol. The molecule has 3 rings (SSSR count). The molecule has 0 radical (unpaired) electrons. The number of nitrogens with one attached hydrogen (secondary N) is 2. The van der Waals surface area contributed by atoms with Gasteiger partial charge in [0.2, 0.25) is 5.91 Å². The minimum Gasteiger partial charge on any atom is -0.334 e. The third-order valence-electron chi connectivity index (χ3n) is 5.37. The Morgan fingerprint density at radius 1 is 1.21 bits per heavy atom. The smallest absolute Gasteiger partial charge is 0.317 e. The zero-order valence-corrected chi connectivity index (χ0v) is 16.6. The number of anilines is 1. The quantitative estimate of drug-likeness (QED) is 0.804. The summed E-state index contributed by atoms with van der Waals surface area (Å²) in [6.07, 6.45) is 7.90. The molecule has 1 aromatic carbocycles. The summed E-state index contributed by atoms with van der Waals surface area (Å²) in [5.41, 5.74) is 1.65. The highest BCUT2D eigenvalue weighted by molar-refractivity contribution is 5.90. The van der Waals surface area contributed by atoms with Crippen LogP contribution in [0.15, 0.2) is 42.7 Å². The monoisotopic (exact) mass is 383 g/mol. The highest BCUT2D eigenvalue weighted by atomic mass is 16.2. The standard InChI is InChI=1S/C21H29N5O2/c1-16-7-9-19(10-8-16)25(2)21(28)22-14-17-5-3-6-18(13-17)24-20(27)15-26-12-4-11-23-26/h3-6,11-13,16,19H,7-10,14-15H2,1-2H3,(H,22,28)(H,24,27). The normalized spacial score (nSPS) is 19.1. The Balaban J connectivity index is 1.48. The maximum Gasteiger partial charge on any atom is 0.317 e. The summed E-state index contributed by atoms with van der Waals surface area (Å²) in [5.74, 6) is 0.620. The van der Waals surface area contributed by atoms with Gasteiger partial charge in [0.25, 0.3) is 0 Å². The number of hydrogen-bond acceptors (Lipinski definition) is 3. The molecule has 1 aliphatic carbocycles. The van der Waals surface area contributed by atoms with Gasteiger partial charge in [-0.2, -0.15) is 5.10 Å². The Morgan fingerprint density at radius 2 is 2.00 bits per heavy atom. The zero-order valence-electron chi connectivity index (χ0n) is 16.6. The summed E-state index contributed by atoms with van der Waals surface area (Å²) in [7, 11) is 1.88. The third kappa shape index (κ3) is 5.58. The highest BCUT2D eigenvalue weighted by Gasteiger charge is 2.24. The highest BCUT2D eigenvalue weighted by Crippen LogP contribution is 2.26. The molecule has 150 valence electrons. The molecular formula is C21H29N5O2. The predicted octanol–water partition coefficient (Wildman–Crippen LogP) is 3.24. The van der Waals surface area contributed by atoms with E-state index in [0.29, 0.717) is 18.3 Å². The van der Waals surface area contributed by atoms with E-state index >= 15 is 0 Å². The molecule has 1 aromatic heterocycles. The molecule has 2 aromatic rings. The molecule has 3 amide bonds. The Morgan fingerprint density at radius 3 is 2.71 bits per heavy atom. The first-order chi connectivity index (χ1) is 13.5. The number of carbonyl (C=O) groups excluding carboxylic acids is 2. The van der Waals surface area contributed by atoms with Gasteiger partial charge < -0.3 is 15.5 Å². The SMILES string of the molecule is CC1CCC(N(C)C(=O)NCc2cccc(NC(=O)Cn3cccn3)c2)CC1. The van der Waals surface area contributed by atoms with Gasteiger partial charge in [0, 0.05) is 37.7 Å². The summed E-state index contributed by atoms with van der Waals surface area (Å²) in [6, 6.07) is 9.58. The Hall–Kier alpha value is -2.83. The van der Waals surface area contributed by atoms with Gasteiger partial charge in [0.05, 0.1) is 0 Å². The second kappa shape index (κ2) is 9.39. The lowest BCUT2D eigenvalue weighted by molar-refractivity contribution is -0.116. The second-order valence-electron chi connectivity index (χ2n) is 7.64. The Kier molecular flexibility index (Phi) is 6.68. The molecule has 7 heteroatoms. The van der Waals surface area contributed by atoms with Crippen LogP contribution in [0.1, 0.15) is 38.2 Å². The van der Waals surface area contributed by atoms with E-state index in [1.54, 1.807) is 23.1 Å². The van der Waals surface area contributed by atoms with Gasteiger partial charge in [-0.15, -0.1) is 0 Å². The fourth-order valence-corrected chi connectivity index (χ4v) is 3.60. The van der Waals surface area contributed by atoms with Crippen LogP contribution in [0.25, 0.3) is 0 Å². The Bertz CT molecular complexity index is 782.